The number of fused-ring (bicyclic) bond motifs is 4. The number of anilines is 3. The van der Waals surface area contributed by atoms with Crippen LogP contribution in [0.2, 0.25) is 0 Å². The third kappa shape index (κ3) is 4.49. The van der Waals surface area contributed by atoms with Crippen LogP contribution in [0.5, 0.6) is 0 Å². The normalized spacial score (nSPS) is 14.2. The Balaban J connectivity index is 1.37. The van der Waals surface area contributed by atoms with Gasteiger partial charge in [-0.3, -0.25) is 9.59 Å². The fourth-order valence-corrected chi connectivity index (χ4v) is 8.86. The van der Waals surface area contributed by atoms with Crippen molar-refractivity contribution in [3.63, 3.8) is 0 Å². The monoisotopic (exact) mass is 651 g/mol. The van der Waals surface area contributed by atoms with Crippen LogP contribution in [0.3, 0.4) is 0 Å². The quantitative estimate of drug-likeness (QED) is 0.140. The van der Waals surface area contributed by atoms with Gasteiger partial charge in [-0.2, -0.15) is 10.5 Å². The number of hydrogen-bond donors (Lipinski definition) is 0. The molecule has 1 aromatic heterocycles. The molecule has 0 N–H and O–H groups in total. The van der Waals surface area contributed by atoms with Gasteiger partial charge in [0.2, 0.25) is 0 Å². The third-order valence-corrected chi connectivity index (χ3v) is 11.0. The van der Waals surface area contributed by atoms with Gasteiger partial charge in [0.25, 0.3) is 0 Å². The standard InChI is InChI=1S/C43H29N3O2S/c1-24-17-26(22-44)18-25(2)39(24)27-13-16-38-35(19-27)43(3,4)36-21-29(20-34-40(47)32-11-7-8-12-33(32)41(34)48)49-42(36)46(38)37-15-14-28(23-45)30-9-5-6-10-31(30)37/h5-21H,1-4H3. The Bertz CT molecular complexity index is 2510. The van der Waals surface area contributed by atoms with E-state index in [4.69, 9.17) is 0 Å². The number of nitrogens with zero attached hydrogens (tertiary/aromatic N) is 3. The van der Waals surface area contributed by atoms with Crippen LogP contribution < -0.4 is 4.90 Å². The Morgan fingerprint density at radius 3 is 2.00 bits per heavy atom. The number of carbonyl (C=O) groups excluding carboxylic acids is 2. The van der Waals surface area contributed by atoms with Crippen LogP contribution in [0.1, 0.15) is 72.8 Å². The molecule has 1 aliphatic heterocycles. The first-order chi connectivity index (χ1) is 23.6. The summed E-state index contributed by atoms with van der Waals surface area (Å²) in [7, 11) is 0. The van der Waals surface area contributed by atoms with Gasteiger partial charge in [0, 0.05) is 32.2 Å². The first-order valence-electron chi connectivity index (χ1n) is 16.0. The zero-order chi connectivity index (χ0) is 34.2. The molecule has 2 heterocycles. The Kier molecular flexibility index (Phi) is 6.79. The average Bonchev–Trinajstić information content (AvgIpc) is 3.64. The van der Waals surface area contributed by atoms with Crippen LogP contribution in [-0.2, 0) is 5.41 Å². The fourth-order valence-electron chi connectivity index (χ4n) is 7.57. The number of aryl methyl sites for hydroxylation is 2. The van der Waals surface area contributed by atoms with Crippen molar-refractivity contribution >= 4 is 56.1 Å². The maximum absolute atomic E-state index is 13.4. The van der Waals surface area contributed by atoms with Gasteiger partial charge in [-0.05, 0) is 95.8 Å². The van der Waals surface area contributed by atoms with Gasteiger partial charge in [0.05, 0.1) is 40.2 Å². The molecule has 0 saturated carbocycles. The Morgan fingerprint density at radius 1 is 0.714 bits per heavy atom. The minimum absolute atomic E-state index is 0.180. The number of ketones is 2. The van der Waals surface area contributed by atoms with E-state index in [9.17, 15) is 20.1 Å². The molecule has 0 unspecified atom stereocenters. The molecule has 5 aromatic carbocycles. The molecule has 0 fully saturated rings. The number of Topliss-reactive ketones (excluding diaryl/α,β-unsaturated/α-hetero) is 2. The minimum atomic E-state index is -0.451. The van der Waals surface area contributed by atoms with Gasteiger partial charge in [0.1, 0.15) is 5.00 Å². The van der Waals surface area contributed by atoms with Crippen molar-refractivity contribution in [2.75, 3.05) is 4.90 Å². The zero-order valence-corrected chi connectivity index (χ0v) is 28.2. The highest BCUT2D eigenvalue weighted by molar-refractivity contribution is 7.17. The molecular weight excluding hydrogens is 623 g/mol. The van der Waals surface area contributed by atoms with E-state index in [2.05, 4.69) is 55.2 Å². The summed E-state index contributed by atoms with van der Waals surface area (Å²) < 4.78 is 0. The van der Waals surface area contributed by atoms with Crippen molar-refractivity contribution in [1.82, 2.24) is 0 Å². The molecule has 2 aliphatic rings. The van der Waals surface area contributed by atoms with E-state index in [0.717, 1.165) is 65.4 Å². The SMILES string of the molecule is Cc1cc(C#N)cc(C)c1-c1ccc2c(c1)C(C)(C)c1cc(C=C3C(=O)c4ccccc4C3=O)sc1N2c1ccc(C#N)c2ccccc12. The Hall–Kier alpha value is -6.08. The molecule has 6 heteroatoms. The van der Waals surface area contributed by atoms with Crippen molar-refractivity contribution in [2.24, 2.45) is 0 Å². The second-order valence-electron chi connectivity index (χ2n) is 13.2. The van der Waals surface area contributed by atoms with E-state index in [1.54, 1.807) is 41.7 Å². The number of rotatable bonds is 3. The lowest BCUT2D eigenvalue weighted by molar-refractivity contribution is 0.0990. The second-order valence-corrected chi connectivity index (χ2v) is 14.3. The maximum Gasteiger partial charge on any atom is 0.197 e. The predicted molar refractivity (Wildman–Crippen MR) is 196 cm³/mol. The van der Waals surface area contributed by atoms with Crippen molar-refractivity contribution in [1.29, 1.82) is 10.5 Å². The Morgan fingerprint density at radius 2 is 1.35 bits per heavy atom. The lowest BCUT2D eigenvalue weighted by Crippen LogP contribution is -2.29. The molecule has 49 heavy (non-hydrogen) atoms. The van der Waals surface area contributed by atoms with Crippen LogP contribution in [-0.4, -0.2) is 11.6 Å². The van der Waals surface area contributed by atoms with E-state index >= 15 is 0 Å². The molecule has 1 aliphatic carbocycles. The lowest BCUT2D eigenvalue weighted by Gasteiger charge is -2.40. The van der Waals surface area contributed by atoms with Gasteiger partial charge in [-0.1, -0.05) is 68.4 Å². The Labute approximate surface area is 288 Å². The van der Waals surface area contributed by atoms with Crippen LogP contribution in [0.4, 0.5) is 16.4 Å². The molecule has 0 saturated heterocycles. The summed E-state index contributed by atoms with van der Waals surface area (Å²) in [5.41, 5.74) is 10.3. The van der Waals surface area contributed by atoms with Crippen molar-refractivity contribution in [3.8, 4) is 23.3 Å². The molecule has 0 radical (unpaired) electrons. The second kappa shape index (κ2) is 11.0. The van der Waals surface area contributed by atoms with Crippen LogP contribution >= 0.6 is 11.3 Å². The molecule has 0 atom stereocenters. The summed E-state index contributed by atoms with van der Waals surface area (Å²) in [6.45, 7) is 8.52. The number of carbonyl (C=O) groups is 2. The van der Waals surface area contributed by atoms with E-state index in [1.165, 1.54) is 0 Å². The number of nitriles is 2. The topological polar surface area (TPSA) is 85.0 Å². The molecule has 5 nitrogen and oxygen atoms in total. The van der Waals surface area contributed by atoms with E-state index in [1.807, 2.05) is 62.4 Å². The molecule has 6 aromatic rings. The number of allylic oxidation sites excluding steroid dienone is 1. The zero-order valence-electron chi connectivity index (χ0n) is 27.4. The van der Waals surface area contributed by atoms with Gasteiger partial charge in [-0.15, -0.1) is 11.3 Å². The van der Waals surface area contributed by atoms with E-state index in [-0.39, 0.29) is 17.1 Å². The van der Waals surface area contributed by atoms with Gasteiger partial charge < -0.3 is 4.90 Å². The summed E-state index contributed by atoms with van der Waals surface area (Å²) >= 11 is 1.55. The molecular formula is C43H29N3O2S. The molecule has 0 bridgehead atoms. The first-order valence-corrected chi connectivity index (χ1v) is 16.9. The molecule has 234 valence electrons. The maximum atomic E-state index is 13.4. The van der Waals surface area contributed by atoms with E-state index in [0.29, 0.717) is 22.3 Å². The highest BCUT2D eigenvalue weighted by atomic mass is 32.1. The van der Waals surface area contributed by atoms with Crippen LogP contribution in [0.25, 0.3) is 28.0 Å². The van der Waals surface area contributed by atoms with Gasteiger partial charge in [0.15, 0.2) is 11.6 Å². The lowest BCUT2D eigenvalue weighted by atomic mass is 9.74. The van der Waals surface area contributed by atoms with Crippen LogP contribution in [0.15, 0.2) is 103 Å². The van der Waals surface area contributed by atoms with Crippen LogP contribution in [0, 0.1) is 36.5 Å². The van der Waals surface area contributed by atoms with E-state index < -0.39 is 5.41 Å². The summed E-state index contributed by atoms with van der Waals surface area (Å²) in [6, 6.07) is 36.0. The first kappa shape index (κ1) is 30.3. The fraction of sp³-hybridized carbons (Fsp3) is 0.116. The largest absolute Gasteiger partial charge is 0.301 e. The summed E-state index contributed by atoms with van der Waals surface area (Å²) in [4.78, 5) is 29.8. The molecule has 8 rings (SSSR count). The van der Waals surface area contributed by atoms with Gasteiger partial charge in [-0.25, -0.2) is 0 Å². The number of thiophene rings is 1. The average molecular weight is 652 g/mol. The summed E-state index contributed by atoms with van der Waals surface area (Å²) in [6.07, 6.45) is 1.75. The van der Waals surface area contributed by atoms with Gasteiger partial charge >= 0.3 is 0 Å². The predicted octanol–water partition coefficient (Wildman–Crippen LogP) is 10.5. The highest BCUT2D eigenvalue weighted by Crippen LogP contribution is 2.57. The summed E-state index contributed by atoms with van der Waals surface area (Å²) in [5.74, 6) is -0.496. The highest BCUT2D eigenvalue weighted by Gasteiger charge is 2.40. The number of hydrogen-bond acceptors (Lipinski definition) is 6. The van der Waals surface area contributed by atoms with Crippen molar-refractivity contribution in [2.45, 2.75) is 33.1 Å². The minimum Gasteiger partial charge on any atom is -0.301 e. The third-order valence-electron chi connectivity index (χ3n) is 9.92. The number of benzene rings is 5. The van der Waals surface area contributed by atoms with Crippen molar-refractivity contribution < 1.29 is 9.59 Å². The van der Waals surface area contributed by atoms with Crippen molar-refractivity contribution in [3.05, 3.63) is 152 Å². The summed E-state index contributed by atoms with van der Waals surface area (Å²) in [5, 5.41) is 22.3. The smallest absolute Gasteiger partial charge is 0.197 e. The molecule has 0 amide bonds. The molecule has 0 spiro atoms.